The van der Waals surface area contributed by atoms with E-state index < -0.39 is 17.3 Å². The summed E-state index contributed by atoms with van der Waals surface area (Å²) in [5, 5.41) is 11.7. The first kappa shape index (κ1) is 14.1. The molecule has 0 bridgehead atoms. The topological polar surface area (TPSA) is 68.7 Å². The van der Waals surface area contributed by atoms with E-state index in [9.17, 15) is 18.0 Å². The van der Waals surface area contributed by atoms with Gasteiger partial charge in [-0.2, -0.15) is 18.4 Å². The monoisotopic (exact) mass is 299 g/mol. The molecule has 0 aliphatic carbocycles. The van der Waals surface area contributed by atoms with Gasteiger partial charge in [-0.15, -0.1) is 0 Å². The number of H-pyrrole nitrogens is 1. The summed E-state index contributed by atoms with van der Waals surface area (Å²) in [5.74, 6) is 0. The molecule has 2 rings (SSSR count). The van der Waals surface area contributed by atoms with Crippen LogP contribution in [0.4, 0.5) is 23.9 Å². The van der Waals surface area contributed by atoms with Gasteiger partial charge in [0.1, 0.15) is 11.1 Å². The van der Waals surface area contributed by atoms with Crippen LogP contribution in [0.15, 0.2) is 23.0 Å². The highest BCUT2D eigenvalue weighted by atomic mass is 32.1. The predicted molar refractivity (Wildman–Crippen MR) is 69.1 cm³/mol. The van der Waals surface area contributed by atoms with Gasteiger partial charge in [-0.3, -0.25) is 9.17 Å². The standard InChI is InChI=1S/C12H8F3N3OS/c1-6-2-7(12(13,14)15)4-8(3-6)17-11-9(5-16)10(19)18-20-11/h2-4,17H,1H3,(H,18,19). The van der Waals surface area contributed by atoms with E-state index in [0.29, 0.717) is 5.56 Å². The Labute approximate surface area is 115 Å². The first-order valence-corrected chi connectivity index (χ1v) is 6.20. The third-order valence-corrected chi connectivity index (χ3v) is 3.27. The largest absolute Gasteiger partial charge is 0.416 e. The molecule has 0 saturated heterocycles. The van der Waals surface area contributed by atoms with Crippen LogP contribution in [0.1, 0.15) is 16.7 Å². The number of hydrogen-bond donors (Lipinski definition) is 2. The lowest BCUT2D eigenvalue weighted by Crippen LogP contribution is -2.06. The van der Waals surface area contributed by atoms with Crippen LogP contribution in [0, 0.1) is 18.3 Å². The van der Waals surface area contributed by atoms with Crippen LogP contribution in [0.25, 0.3) is 0 Å². The lowest BCUT2D eigenvalue weighted by Gasteiger charge is -2.11. The quantitative estimate of drug-likeness (QED) is 0.893. The van der Waals surface area contributed by atoms with Crippen LogP contribution in [-0.2, 0) is 6.18 Å². The van der Waals surface area contributed by atoms with Crippen LogP contribution < -0.4 is 10.9 Å². The van der Waals surface area contributed by atoms with Gasteiger partial charge < -0.3 is 5.32 Å². The fourth-order valence-corrected chi connectivity index (χ4v) is 2.35. The van der Waals surface area contributed by atoms with Crippen LogP contribution in [0.5, 0.6) is 0 Å². The fraction of sp³-hybridized carbons (Fsp3) is 0.167. The van der Waals surface area contributed by atoms with Crippen molar-refractivity contribution in [3.63, 3.8) is 0 Å². The third-order valence-electron chi connectivity index (χ3n) is 2.47. The van der Waals surface area contributed by atoms with Gasteiger partial charge in [0.2, 0.25) is 0 Å². The first-order chi connectivity index (χ1) is 9.31. The van der Waals surface area contributed by atoms with Crippen LogP contribution in [-0.4, -0.2) is 4.37 Å². The molecule has 0 radical (unpaired) electrons. The Bertz CT molecular complexity index is 740. The van der Waals surface area contributed by atoms with Gasteiger partial charge in [-0.1, -0.05) is 0 Å². The number of rotatable bonds is 2. The summed E-state index contributed by atoms with van der Waals surface area (Å²) in [6.45, 7) is 1.53. The highest BCUT2D eigenvalue weighted by Gasteiger charge is 2.31. The number of nitrogens with one attached hydrogen (secondary N) is 2. The number of aromatic nitrogens is 1. The molecule has 2 N–H and O–H groups in total. The molecule has 1 aromatic heterocycles. The van der Waals surface area contributed by atoms with Crippen LogP contribution >= 0.6 is 11.5 Å². The molecule has 8 heteroatoms. The molecule has 0 aliphatic rings. The summed E-state index contributed by atoms with van der Waals surface area (Å²) in [4.78, 5) is 11.3. The first-order valence-electron chi connectivity index (χ1n) is 5.38. The SMILES string of the molecule is Cc1cc(Nc2s[nH]c(=O)c2C#N)cc(C(F)(F)F)c1. The van der Waals surface area contributed by atoms with Crippen molar-refractivity contribution in [2.45, 2.75) is 13.1 Å². The fourth-order valence-electron chi connectivity index (χ4n) is 1.64. The number of aryl methyl sites for hydroxylation is 1. The molecule has 1 aromatic carbocycles. The van der Waals surface area contributed by atoms with Gasteiger partial charge in [-0.25, -0.2) is 0 Å². The zero-order chi connectivity index (χ0) is 14.9. The van der Waals surface area contributed by atoms with Crippen molar-refractivity contribution in [3.05, 3.63) is 45.2 Å². The summed E-state index contributed by atoms with van der Waals surface area (Å²) in [6.07, 6.45) is -4.45. The molecule has 0 fully saturated rings. The van der Waals surface area contributed by atoms with E-state index in [1.807, 2.05) is 0 Å². The Morgan fingerprint density at radius 2 is 2.05 bits per heavy atom. The average molecular weight is 299 g/mol. The number of halogens is 3. The molecule has 20 heavy (non-hydrogen) atoms. The minimum atomic E-state index is -4.45. The lowest BCUT2D eigenvalue weighted by atomic mass is 10.1. The second-order valence-corrected chi connectivity index (χ2v) is 4.88. The normalized spacial score (nSPS) is 11.2. The Hall–Kier alpha value is -2.27. The molecule has 0 unspecified atom stereocenters. The summed E-state index contributed by atoms with van der Waals surface area (Å²) >= 11 is 0.862. The van der Waals surface area contributed by atoms with E-state index in [4.69, 9.17) is 5.26 Å². The van der Waals surface area contributed by atoms with Crippen molar-refractivity contribution >= 4 is 22.2 Å². The third kappa shape index (κ3) is 2.83. The average Bonchev–Trinajstić information content (AvgIpc) is 2.68. The van der Waals surface area contributed by atoms with Crippen molar-refractivity contribution in [2.24, 2.45) is 0 Å². The maximum absolute atomic E-state index is 12.7. The predicted octanol–water partition coefficient (Wildman–Crippen LogP) is 3.38. The Kier molecular flexibility index (Phi) is 3.55. The van der Waals surface area contributed by atoms with Gasteiger partial charge >= 0.3 is 6.18 Å². The smallest absolute Gasteiger partial charge is 0.345 e. The Morgan fingerprint density at radius 1 is 1.35 bits per heavy atom. The molecule has 1 heterocycles. The number of aromatic amines is 1. The highest BCUT2D eigenvalue weighted by Crippen LogP contribution is 2.33. The summed E-state index contributed by atoms with van der Waals surface area (Å²) < 4.78 is 40.5. The van der Waals surface area contributed by atoms with E-state index in [2.05, 4.69) is 9.69 Å². The van der Waals surface area contributed by atoms with Crippen molar-refractivity contribution in [3.8, 4) is 6.07 Å². The van der Waals surface area contributed by atoms with E-state index in [1.165, 1.54) is 13.0 Å². The van der Waals surface area contributed by atoms with E-state index in [0.717, 1.165) is 23.7 Å². The Balaban J connectivity index is 2.42. The van der Waals surface area contributed by atoms with Gasteiger partial charge in [0.15, 0.2) is 5.56 Å². The second kappa shape index (κ2) is 5.02. The number of hydrogen-bond acceptors (Lipinski definition) is 4. The highest BCUT2D eigenvalue weighted by molar-refractivity contribution is 7.10. The molecular weight excluding hydrogens is 291 g/mol. The zero-order valence-corrected chi connectivity index (χ0v) is 10.9. The van der Waals surface area contributed by atoms with Crippen LogP contribution in [0.3, 0.4) is 0 Å². The van der Waals surface area contributed by atoms with E-state index in [1.54, 1.807) is 6.07 Å². The maximum Gasteiger partial charge on any atom is 0.416 e. The molecule has 0 spiro atoms. The number of anilines is 2. The molecule has 0 saturated carbocycles. The van der Waals surface area contributed by atoms with Crippen molar-refractivity contribution < 1.29 is 13.2 Å². The molecule has 2 aromatic rings. The Morgan fingerprint density at radius 3 is 2.65 bits per heavy atom. The minimum absolute atomic E-state index is 0.148. The van der Waals surface area contributed by atoms with E-state index in [-0.39, 0.29) is 16.3 Å². The number of alkyl halides is 3. The number of nitriles is 1. The van der Waals surface area contributed by atoms with E-state index >= 15 is 0 Å². The molecule has 0 aliphatic heterocycles. The van der Waals surface area contributed by atoms with Gasteiger partial charge in [0, 0.05) is 5.69 Å². The summed E-state index contributed by atoms with van der Waals surface area (Å²) in [6, 6.07) is 5.16. The van der Waals surface area contributed by atoms with Gasteiger partial charge in [0.25, 0.3) is 5.56 Å². The number of nitrogens with zero attached hydrogens (tertiary/aromatic N) is 1. The van der Waals surface area contributed by atoms with Crippen molar-refractivity contribution in [1.82, 2.24) is 4.37 Å². The summed E-state index contributed by atoms with van der Waals surface area (Å²) in [7, 11) is 0. The molecule has 0 atom stereocenters. The lowest BCUT2D eigenvalue weighted by molar-refractivity contribution is -0.137. The maximum atomic E-state index is 12.7. The van der Waals surface area contributed by atoms with Gasteiger partial charge in [0.05, 0.1) is 5.56 Å². The van der Waals surface area contributed by atoms with Crippen molar-refractivity contribution in [2.75, 3.05) is 5.32 Å². The summed E-state index contributed by atoms with van der Waals surface area (Å²) in [5.41, 5.74) is -0.914. The molecular formula is C12H8F3N3OS. The second-order valence-electron chi connectivity index (χ2n) is 4.06. The zero-order valence-electron chi connectivity index (χ0n) is 10.1. The van der Waals surface area contributed by atoms with Gasteiger partial charge in [-0.05, 0) is 42.2 Å². The molecule has 0 amide bonds. The minimum Gasteiger partial charge on any atom is -0.345 e. The van der Waals surface area contributed by atoms with Crippen LogP contribution in [0.2, 0.25) is 0 Å². The molecule has 4 nitrogen and oxygen atoms in total. The van der Waals surface area contributed by atoms with Crippen molar-refractivity contribution in [1.29, 1.82) is 5.26 Å². The molecule has 104 valence electrons. The number of benzene rings is 1.